The van der Waals surface area contributed by atoms with Crippen molar-refractivity contribution >= 4 is 16.9 Å². The van der Waals surface area contributed by atoms with Crippen molar-refractivity contribution in [2.75, 3.05) is 0 Å². The van der Waals surface area contributed by atoms with Crippen LogP contribution in [0.25, 0.3) is 10.9 Å². The molecule has 6 nitrogen and oxygen atoms in total. The van der Waals surface area contributed by atoms with Gasteiger partial charge in [-0.15, -0.1) is 10.2 Å². The fourth-order valence-corrected chi connectivity index (χ4v) is 2.11. The Morgan fingerprint density at radius 2 is 2.15 bits per heavy atom. The molecule has 0 radical (unpaired) electrons. The summed E-state index contributed by atoms with van der Waals surface area (Å²) in [6.07, 6.45) is 1.76. The van der Waals surface area contributed by atoms with E-state index < -0.39 is 5.97 Å². The van der Waals surface area contributed by atoms with E-state index in [1.54, 1.807) is 13.1 Å². The van der Waals surface area contributed by atoms with Crippen molar-refractivity contribution < 1.29 is 13.9 Å². The monoisotopic (exact) mass is 271 g/mol. The molecule has 0 amide bonds. The minimum Gasteiger partial charge on any atom is -0.452 e. The van der Waals surface area contributed by atoms with Crippen molar-refractivity contribution in [2.24, 2.45) is 7.05 Å². The molecule has 0 N–H and O–H groups in total. The van der Waals surface area contributed by atoms with E-state index in [4.69, 9.17) is 9.15 Å². The van der Waals surface area contributed by atoms with Gasteiger partial charge >= 0.3 is 5.97 Å². The molecule has 1 aromatic carbocycles. The molecule has 20 heavy (non-hydrogen) atoms. The van der Waals surface area contributed by atoms with E-state index in [1.165, 1.54) is 0 Å². The summed E-state index contributed by atoms with van der Waals surface area (Å²) in [6.45, 7) is 1.66. The number of aromatic nitrogens is 3. The van der Waals surface area contributed by atoms with Crippen molar-refractivity contribution in [1.29, 1.82) is 0 Å². The smallest absolute Gasteiger partial charge is 0.340 e. The lowest BCUT2D eigenvalue weighted by molar-refractivity contribution is 0.0439. The maximum Gasteiger partial charge on any atom is 0.340 e. The minimum atomic E-state index is -0.405. The van der Waals surface area contributed by atoms with Crippen LogP contribution in [0.5, 0.6) is 0 Å². The van der Waals surface area contributed by atoms with Gasteiger partial charge in [0.1, 0.15) is 0 Å². The fraction of sp³-hybridized carbons (Fsp3) is 0.214. The van der Waals surface area contributed by atoms with Gasteiger partial charge in [-0.1, -0.05) is 18.2 Å². The van der Waals surface area contributed by atoms with Crippen LogP contribution >= 0.6 is 0 Å². The van der Waals surface area contributed by atoms with E-state index in [1.807, 2.05) is 35.9 Å². The number of ether oxygens (including phenoxy) is 1. The van der Waals surface area contributed by atoms with Crippen molar-refractivity contribution in [3.8, 4) is 0 Å². The number of para-hydroxylation sites is 1. The number of rotatable bonds is 3. The highest BCUT2D eigenvalue weighted by Gasteiger charge is 2.16. The number of hydrogen-bond donors (Lipinski definition) is 0. The molecule has 0 spiro atoms. The number of benzene rings is 1. The molecular formula is C14H13N3O3. The number of nitrogens with zero attached hydrogens (tertiary/aromatic N) is 3. The number of carbonyl (C=O) groups excluding carboxylic acids is 1. The Balaban J connectivity index is 1.82. The van der Waals surface area contributed by atoms with E-state index in [-0.39, 0.29) is 12.5 Å². The molecule has 3 rings (SSSR count). The van der Waals surface area contributed by atoms with Crippen LogP contribution in [0, 0.1) is 6.92 Å². The highest BCUT2D eigenvalue weighted by molar-refractivity contribution is 6.04. The minimum absolute atomic E-state index is 0.0249. The summed E-state index contributed by atoms with van der Waals surface area (Å²) >= 11 is 0. The first kappa shape index (κ1) is 12.4. The van der Waals surface area contributed by atoms with Gasteiger partial charge in [0.25, 0.3) is 5.89 Å². The second-order valence-electron chi connectivity index (χ2n) is 4.46. The zero-order valence-electron chi connectivity index (χ0n) is 11.2. The second-order valence-corrected chi connectivity index (χ2v) is 4.46. The van der Waals surface area contributed by atoms with Crippen molar-refractivity contribution in [1.82, 2.24) is 14.8 Å². The van der Waals surface area contributed by atoms with Crippen LogP contribution in [0.15, 0.2) is 34.9 Å². The van der Waals surface area contributed by atoms with Gasteiger partial charge in [0.05, 0.1) is 5.56 Å². The van der Waals surface area contributed by atoms with Crippen LogP contribution in [-0.4, -0.2) is 20.7 Å². The molecular weight excluding hydrogens is 258 g/mol. The summed E-state index contributed by atoms with van der Waals surface area (Å²) in [7, 11) is 1.89. The number of esters is 1. The van der Waals surface area contributed by atoms with E-state index in [2.05, 4.69) is 10.2 Å². The Bertz CT molecular complexity index is 773. The molecule has 2 aromatic heterocycles. The standard InChI is InChI=1S/C14H13N3O3/c1-9-15-16-13(20-9)8-19-14(18)11-7-17(2)12-6-4-3-5-10(11)12/h3-7H,8H2,1-2H3. The van der Waals surface area contributed by atoms with E-state index in [0.717, 1.165) is 10.9 Å². The highest BCUT2D eigenvalue weighted by Crippen LogP contribution is 2.21. The Morgan fingerprint density at radius 3 is 2.90 bits per heavy atom. The van der Waals surface area contributed by atoms with Gasteiger partial charge in [-0.05, 0) is 6.07 Å². The SMILES string of the molecule is Cc1nnc(COC(=O)c2cn(C)c3ccccc23)o1. The first-order chi connectivity index (χ1) is 9.65. The molecule has 0 unspecified atom stereocenters. The van der Waals surface area contributed by atoms with Crippen molar-refractivity contribution in [2.45, 2.75) is 13.5 Å². The third-order valence-corrected chi connectivity index (χ3v) is 3.01. The fourth-order valence-electron chi connectivity index (χ4n) is 2.11. The van der Waals surface area contributed by atoms with Crippen molar-refractivity contribution in [3.63, 3.8) is 0 Å². The van der Waals surface area contributed by atoms with Crippen LogP contribution in [0.3, 0.4) is 0 Å². The molecule has 0 aliphatic rings. The molecule has 0 fully saturated rings. The Hall–Kier alpha value is -2.63. The summed E-state index contributed by atoms with van der Waals surface area (Å²) in [4.78, 5) is 12.1. The molecule has 6 heteroatoms. The first-order valence-electron chi connectivity index (χ1n) is 6.15. The molecule has 0 saturated heterocycles. The predicted octanol–water partition coefficient (Wildman–Crippen LogP) is 2.23. The maximum atomic E-state index is 12.1. The van der Waals surface area contributed by atoms with Gasteiger partial charge in [0.2, 0.25) is 5.89 Å². The topological polar surface area (TPSA) is 70.2 Å². The van der Waals surface area contributed by atoms with Gasteiger partial charge in [-0.25, -0.2) is 4.79 Å². The third-order valence-electron chi connectivity index (χ3n) is 3.01. The maximum absolute atomic E-state index is 12.1. The summed E-state index contributed by atoms with van der Waals surface area (Å²) < 4.78 is 12.2. The summed E-state index contributed by atoms with van der Waals surface area (Å²) in [5.74, 6) is 0.329. The lowest BCUT2D eigenvalue weighted by Gasteiger charge is -2.00. The number of hydrogen-bond acceptors (Lipinski definition) is 5. The molecule has 102 valence electrons. The zero-order chi connectivity index (χ0) is 14.1. The van der Waals surface area contributed by atoms with Crippen LogP contribution in [-0.2, 0) is 18.4 Å². The Kier molecular flexibility index (Phi) is 2.98. The average Bonchev–Trinajstić information content (AvgIpc) is 3.01. The van der Waals surface area contributed by atoms with Crippen molar-refractivity contribution in [3.05, 3.63) is 47.8 Å². The van der Waals surface area contributed by atoms with E-state index in [0.29, 0.717) is 11.5 Å². The largest absolute Gasteiger partial charge is 0.452 e. The van der Waals surface area contributed by atoms with Crippen LogP contribution in [0.1, 0.15) is 22.1 Å². The number of fused-ring (bicyclic) bond motifs is 1. The first-order valence-corrected chi connectivity index (χ1v) is 6.15. The number of carbonyl (C=O) groups is 1. The molecule has 3 aromatic rings. The second kappa shape index (κ2) is 4.80. The molecule has 2 heterocycles. The predicted molar refractivity (Wildman–Crippen MR) is 71.1 cm³/mol. The van der Waals surface area contributed by atoms with Gasteiger partial charge in [0, 0.05) is 31.1 Å². The average molecular weight is 271 g/mol. The van der Waals surface area contributed by atoms with E-state index in [9.17, 15) is 4.79 Å². The molecule has 0 saturated carbocycles. The normalized spacial score (nSPS) is 10.9. The van der Waals surface area contributed by atoms with Gasteiger partial charge in [-0.3, -0.25) is 0 Å². The van der Waals surface area contributed by atoms with Gasteiger partial charge < -0.3 is 13.7 Å². The lowest BCUT2D eigenvalue weighted by atomic mass is 10.2. The van der Waals surface area contributed by atoms with E-state index >= 15 is 0 Å². The van der Waals surface area contributed by atoms with Crippen LogP contribution < -0.4 is 0 Å². The quantitative estimate of drug-likeness (QED) is 0.683. The Labute approximate surface area is 115 Å². The summed E-state index contributed by atoms with van der Waals surface area (Å²) in [5.41, 5.74) is 1.51. The third kappa shape index (κ3) is 2.16. The summed E-state index contributed by atoms with van der Waals surface area (Å²) in [5, 5.41) is 8.32. The molecule has 0 atom stereocenters. The van der Waals surface area contributed by atoms with Gasteiger partial charge in [0.15, 0.2) is 6.61 Å². The molecule has 0 aliphatic heterocycles. The summed E-state index contributed by atoms with van der Waals surface area (Å²) in [6, 6.07) is 7.66. The zero-order valence-corrected chi connectivity index (χ0v) is 11.2. The Morgan fingerprint density at radius 1 is 1.35 bits per heavy atom. The molecule has 0 aliphatic carbocycles. The van der Waals surface area contributed by atoms with Gasteiger partial charge in [-0.2, -0.15) is 0 Å². The van der Waals surface area contributed by atoms with Crippen LogP contribution in [0.2, 0.25) is 0 Å². The van der Waals surface area contributed by atoms with Crippen LogP contribution in [0.4, 0.5) is 0 Å². The molecule has 0 bridgehead atoms. The lowest BCUT2D eigenvalue weighted by Crippen LogP contribution is -2.05. The highest BCUT2D eigenvalue weighted by atomic mass is 16.5. The number of aryl methyl sites for hydroxylation is 2.